The van der Waals surface area contributed by atoms with Crippen LogP contribution in [0.2, 0.25) is 5.02 Å². The Morgan fingerprint density at radius 1 is 1.18 bits per heavy atom. The molecule has 2 aromatic heterocycles. The summed E-state index contributed by atoms with van der Waals surface area (Å²) < 4.78 is 40.0. The SMILES string of the molecule is CCN(CC)C(CNC(=O)CCc1c(C)nc2nc(C(F)(F)F)nn2c1C)c1ccccc1Cl. The molecule has 0 bridgehead atoms. The summed E-state index contributed by atoms with van der Waals surface area (Å²) in [6, 6.07) is 7.50. The van der Waals surface area contributed by atoms with Crippen LogP contribution in [0.4, 0.5) is 13.2 Å². The number of halogens is 4. The molecule has 0 radical (unpaired) electrons. The molecule has 0 aliphatic carbocycles. The number of hydrogen-bond acceptors (Lipinski definition) is 5. The number of hydrogen-bond donors (Lipinski definition) is 1. The van der Waals surface area contributed by atoms with Crippen LogP contribution >= 0.6 is 11.6 Å². The smallest absolute Gasteiger partial charge is 0.354 e. The zero-order chi connectivity index (χ0) is 25.0. The largest absolute Gasteiger partial charge is 0.453 e. The normalized spacial score (nSPS) is 13.0. The number of aryl methyl sites for hydroxylation is 2. The number of nitrogens with one attached hydrogen (secondary N) is 1. The lowest BCUT2D eigenvalue weighted by Crippen LogP contribution is -2.38. The minimum absolute atomic E-state index is 0.0786. The van der Waals surface area contributed by atoms with E-state index in [2.05, 4.69) is 39.1 Å². The molecule has 2 heterocycles. The van der Waals surface area contributed by atoms with Crippen LogP contribution in [0, 0.1) is 13.8 Å². The lowest BCUT2D eigenvalue weighted by atomic mass is 10.0. The van der Waals surface area contributed by atoms with E-state index in [1.54, 1.807) is 13.8 Å². The van der Waals surface area contributed by atoms with Crippen molar-refractivity contribution in [1.82, 2.24) is 29.8 Å². The number of rotatable bonds is 9. The van der Waals surface area contributed by atoms with Gasteiger partial charge in [-0.2, -0.15) is 18.2 Å². The molecule has 0 spiro atoms. The number of carbonyl (C=O) groups is 1. The Kier molecular flexibility index (Phi) is 8.14. The minimum atomic E-state index is -4.66. The van der Waals surface area contributed by atoms with Crippen molar-refractivity contribution in [1.29, 1.82) is 0 Å². The fraction of sp³-hybridized carbons (Fsp3) is 0.478. The van der Waals surface area contributed by atoms with Crippen molar-refractivity contribution in [2.75, 3.05) is 19.6 Å². The number of fused-ring (bicyclic) bond motifs is 1. The van der Waals surface area contributed by atoms with Gasteiger partial charge in [-0.05, 0) is 50.6 Å². The summed E-state index contributed by atoms with van der Waals surface area (Å²) in [5.74, 6) is -1.52. The summed E-state index contributed by atoms with van der Waals surface area (Å²) in [6.07, 6.45) is -4.18. The molecule has 1 unspecified atom stereocenters. The monoisotopic (exact) mass is 496 g/mol. The van der Waals surface area contributed by atoms with Gasteiger partial charge in [-0.15, -0.1) is 5.10 Å². The molecule has 34 heavy (non-hydrogen) atoms. The van der Waals surface area contributed by atoms with Crippen molar-refractivity contribution >= 4 is 23.3 Å². The van der Waals surface area contributed by atoms with Crippen LogP contribution in [0.15, 0.2) is 24.3 Å². The Balaban J connectivity index is 1.72. The van der Waals surface area contributed by atoms with Crippen molar-refractivity contribution in [2.45, 2.75) is 52.8 Å². The first-order valence-corrected chi connectivity index (χ1v) is 11.5. The van der Waals surface area contributed by atoms with Crippen molar-refractivity contribution in [3.8, 4) is 0 Å². The van der Waals surface area contributed by atoms with Crippen LogP contribution in [0.3, 0.4) is 0 Å². The van der Waals surface area contributed by atoms with E-state index < -0.39 is 12.0 Å². The molecule has 3 rings (SSSR count). The minimum Gasteiger partial charge on any atom is -0.354 e. The van der Waals surface area contributed by atoms with E-state index in [0.717, 1.165) is 23.2 Å². The molecule has 0 saturated carbocycles. The molecule has 3 aromatic rings. The molecule has 1 amide bonds. The Bertz CT molecular complexity index is 1160. The van der Waals surface area contributed by atoms with E-state index in [1.807, 2.05) is 24.3 Å². The molecule has 184 valence electrons. The van der Waals surface area contributed by atoms with Crippen LogP contribution in [-0.2, 0) is 17.4 Å². The number of amides is 1. The predicted octanol–water partition coefficient (Wildman–Crippen LogP) is 4.55. The molecule has 0 aliphatic rings. The number of likely N-dealkylation sites (N-methyl/N-ethyl adjacent to an activating group) is 1. The van der Waals surface area contributed by atoms with E-state index in [-0.39, 0.29) is 24.1 Å². The van der Waals surface area contributed by atoms with Crippen molar-refractivity contribution < 1.29 is 18.0 Å². The van der Waals surface area contributed by atoms with Gasteiger partial charge >= 0.3 is 6.18 Å². The molecule has 1 atom stereocenters. The van der Waals surface area contributed by atoms with Crippen molar-refractivity contribution in [2.24, 2.45) is 0 Å². The van der Waals surface area contributed by atoms with Gasteiger partial charge in [0, 0.05) is 29.4 Å². The van der Waals surface area contributed by atoms with Gasteiger partial charge in [-0.1, -0.05) is 43.6 Å². The number of nitrogens with zero attached hydrogens (tertiary/aromatic N) is 5. The second-order valence-corrected chi connectivity index (χ2v) is 8.38. The van der Waals surface area contributed by atoms with E-state index in [4.69, 9.17) is 11.6 Å². The zero-order valence-electron chi connectivity index (χ0n) is 19.6. The van der Waals surface area contributed by atoms with Crippen molar-refractivity contribution in [3.05, 3.63) is 57.6 Å². The molecule has 7 nitrogen and oxygen atoms in total. The molecular weight excluding hydrogens is 469 g/mol. The summed E-state index contributed by atoms with van der Waals surface area (Å²) >= 11 is 6.42. The maximum absolute atomic E-state index is 13.0. The number of aromatic nitrogens is 4. The van der Waals surface area contributed by atoms with E-state index >= 15 is 0 Å². The van der Waals surface area contributed by atoms with Gasteiger partial charge in [-0.3, -0.25) is 9.69 Å². The molecular formula is C23H28ClF3N6O. The second-order valence-electron chi connectivity index (χ2n) is 7.97. The number of alkyl halides is 3. The van der Waals surface area contributed by atoms with E-state index in [1.165, 1.54) is 0 Å². The van der Waals surface area contributed by atoms with Crippen LogP contribution < -0.4 is 5.32 Å². The molecule has 1 N–H and O–H groups in total. The first-order chi connectivity index (χ1) is 16.1. The quantitative estimate of drug-likeness (QED) is 0.470. The van der Waals surface area contributed by atoms with Gasteiger partial charge in [0.05, 0.1) is 6.04 Å². The van der Waals surface area contributed by atoms with Crippen molar-refractivity contribution in [3.63, 3.8) is 0 Å². The van der Waals surface area contributed by atoms with Gasteiger partial charge in [-0.25, -0.2) is 9.50 Å². The second kappa shape index (κ2) is 10.7. The first kappa shape index (κ1) is 25.9. The summed E-state index contributed by atoms with van der Waals surface area (Å²) in [5, 5.41) is 7.18. The lowest BCUT2D eigenvalue weighted by Gasteiger charge is -2.31. The maximum Gasteiger partial charge on any atom is 0.453 e. The highest BCUT2D eigenvalue weighted by molar-refractivity contribution is 6.31. The van der Waals surface area contributed by atoms with Gasteiger partial charge in [0.2, 0.25) is 5.91 Å². The lowest BCUT2D eigenvalue weighted by molar-refractivity contribution is -0.144. The Hall–Kier alpha value is -2.72. The maximum atomic E-state index is 13.0. The number of carbonyl (C=O) groups excluding carboxylic acids is 1. The highest BCUT2D eigenvalue weighted by atomic mass is 35.5. The summed E-state index contributed by atoms with van der Waals surface area (Å²) in [6.45, 7) is 9.43. The molecule has 11 heteroatoms. The molecule has 0 fully saturated rings. The summed E-state index contributed by atoms with van der Waals surface area (Å²) in [5.41, 5.74) is 2.63. The topological polar surface area (TPSA) is 75.4 Å². The van der Waals surface area contributed by atoms with Gasteiger partial charge in [0.1, 0.15) is 0 Å². The van der Waals surface area contributed by atoms with E-state index in [9.17, 15) is 18.0 Å². The van der Waals surface area contributed by atoms with Crippen LogP contribution in [0.5, 0.6) is 0 Å². The van der Waals surface area contributed by atoms with Crippen LogP contribution in [-0.4, -0.2) is 50.0 Å². The molecule has 1 aromatic carbocycles. The fourth-order valence-electron chi connectivity index (χ4n) is 4.07. The first-order valence-electron chi connectivity index (χ1n) is 11.1. The average molecular weight is 497 g/mol. The highest BCUT2D eigenvalue weighted by Gasteiger charge is 2.37. The average Bonchev–Trinajstić information content (AvgIpc) is 3.22. The predicted molar refractivity (Wildman–Crippen MR) is 124 cm³/mol. The van der Waals surface area contributed by atoms with Gasteiger partial charge in [0.15, 0.2) is 0 Å². The highest BCUT2D eigenvalue weighted by Crippen LogP contribution is 2.28. The fourth-order valence-corrected chi connectivity index (χ4v) is 4.33. The standard InChI is InChI=1S/C23H28ClF3N6O/c1-5-32(6-2)19(17-9-7-8-10-18(17)24)13-28-20(34)12-11-16-14(3)29-22-30-21(23(25,26)27)31-33(22)15(16)4/h7-10,19H,5-6,11-13H2,1-4H3,(H,28,34). The molecule has 0 aliphatic heterocycles. The van der Waals surface area contributed by atoms with E-state index in [0.29, 0.717) is 34.9 Å². The van der Waals surface area contributed by atoms with Crippen LogP contribution in [0.25, 0.3) is 5.78 Å². The number of benzene rings is 1. The molecule has 0 saturated heterocycles. The third-order valence-electron chi connectivity index (χ3n) is 5.91. The summed E-state index contributed by atoms with van der Waals surface area (Å²) in [4.78, 5) is 22.5. The third kappa shape index (κ3) is 5.67. The Morgan fingerprint density at radius 3 is 2.47 bits per heavy atom. The Labute approximate surface area is 201 Å². The van der Waals surface area contributed by atoms with Gasteiger partial charge in [0.25, 0.3) is 11.6 Å². The van der Waals surface area contributed by atoms with Gasteiger partial charge < -0.3 is 5.32 Å². The third-order valence-corrected chi connectivity index (χ3v) is 6.26. The zero-order valence-corrected chi connectivity index (χ0v) is 20.3. The summed E-state index contributed by atoms with van der Waals surface area (Å²) in [7, 11) is 0. The Morgan fingerprint density at radius 2 is 1.85 bits per heavy atom. The van der Waals surface area contributed by atoms with Crippen LogP contribution in [0.1, 0.15) is 54.6 Å².